The summed E-state index contributed by atoms with van der Waals surface area (Å²) in [5.74, 6) is 0.788. The van der Waals surface area contributed by atoms with Gasteiger partial charge in [-0.1, -0.05) is 13.3 Å². The molecule has 0 saturated heterocycles. The van der Waals surface area contributed by atoms with Gasteiger partial charge >= 0.3 is 0 Å². The number of ketones is 1. The first-order valence-corrected chi connectivity index (χ1v) is 6.83. The molecule has 0 spiro atoms. The average molecular weight is 319 g/mol. The molecule has 0 bridgehead atoms. The van der Waals surface area contributed by atoms with E-state index in [4.69, 9.17) is 11.6 Å². The molecular formula is C16H19ClFeO-6. The Morgan fingerprint density at radius 2 is 1.84 bits per heavy atom. The zero-order valence-electron chi connectivity index (χ0n) is 11.1. The third-order valence-corrected chi connectivity index (χ3v) is 2.95. The number of Topliss-reactive ketones (excluding diaryl/α,β-unsaturated/α-hetero) is 1. The Morgan fingerprint density at radius 1 is 1.26 bits per heavy atom. The van der Waals surface area contributed by atoms with E-state index in [1.807, 2.05) is 48.5 Å². The summed E-state index contributed by atoms with van der Waals surface area (Å²) in [5, 5.41) is 0. The standard InChI is InChI=1S/C11H14ClO.C5H5.Fe/c1-2-9-5-3-6-10(9)11(13)7-4-8-12;1-2-4-5-3-1;/h3,5-6H,2,4,7-8H2,1H3;1-5H;/q-1;-5;. The maximum absolute atomic E-state index is 11.6. The van der Waals surface area contributed by atoms with Crippen molar-refractivity contribution in [3.05, 3.63) is 59.7 Å². The van der Waals surface area contributed by atoms with E-state index in [0.717, 1.165) is 24.0 Å². The molecule has 0 heterocycles. The molecule has 0 amide bonds. The topological polar surface area (TPSA) is 17.1 Å². The van der Waals surface area contributed by atoms with Gasteiger partial charge in [0.25, 0.3) is 0 Å². The van der Waals surface area contributed by atoms with Gasteiger partial charge in [-0.25, -0.2) is 0 Å². The summed E-state index contributed by atoms with van der Waals surface area (Å²) >= 11 is 5.53. The van der Waals surface area contributed by atoms with Crippen molar-refractivity contribution in [3.8, 4) is 0 Å². The fraction of sp³-hybridized carbons (Fsp3) is 0.312. The minimum Gasteiger partial charge on any atom is -0.748 e. The van der Waals surface area contributed by atoms with Crippen LogP contribution in [0.5, 0.6) is 0 Å². The fourth-order valence-corrected chi connectivity index (χ4v) is 1.85. The third kappa shape index (κ3) is 6.77. The molecule has 0 fully saturated rings. The number of halogens is 1. The first kappa shape index (κ1) is 18.2. The van der Waals surface area contributed by atoms with E-state index in [1.54, 1.807) is 0 Å². The van der Waals surface area contributed by atoms with Gasteiger partial charge in [0.15, 0.2) is 0 Å². The largest absolute Gasteiger partial charge is 0.748 e. The van der Waals surface area contributed by atoms with Crippen molar-refractivity contribution < 1.29 is 21.9 Å². The molecule has 0 aromatic heterocycles. The molecule has 2 aromatic rings. The summed E-state index contributed by atoms with van der Waals surface area (Å²) in [4.78, 5) is 11.6. The van der Waals surface area contributed by atoms with Gasteiger partial charge in [-0.2, -0.15) is 18.2 Å². The minimum absolute atomic E-state index is 0. The van der Waals surface area contributed by atoms with Gasteiger partial charge in [-0.3, -0.25) is 0 Å². The third-order valence-electron chi connectivity index (χ3n) is 2.68. The van der Waals surface area contributed by atoms with Crippen molar-refractivity contribution in [3.63, 3.8) is 0 Å². The Kier molecular flexibility index (Phi) is 10.6. The predicted molar refractivity (Wildman–Crippen MR) is 77.7 cm³/mol. The number of alkyl halides is 1. The van der Waals surface area contributed by atoms with E-state index >= 15 is 0 Å². The smallest absolute Gasteiger partial charge is 0.0783 e. The molecule has 19 heavy (non-hydrogen) atoms. The molecule has 2 rings (SSSR count). The van der Waals surface area contributed by atoms with Crippen molar-refractivity contribution in [2.75, 3.05) is 5.88 Å². The van der Waals surface area contributed by atoms with Crippen LogP contribution in [0.3, 0.4) is 0 Å². The monoisotopic (exact) mass is 318 g/mol. The van der Waals surface area contributed by atoms with Crippen LogP contribution in [0, 0.1) is 0 Å². The van der Waals surface area contributed by atoms with Crippen LogP contribution < -0.4 is 0 Å². The molecule has 1 nitrogen and oxygen atoms in total. The SMILES string of the molecule is CC[c-]1cccc1C(=O)CCCCl.[Fe].[cH-]1[cH-][cH-][cH-][cH-]1. The van der Waals surface area contributed by atoms with Crippen LogP contribution in [0.4, 0.5) is 0 Å². The van der Waals surface area contributed by atoms with Crippen molar-refractivity contribution in [1.29, 1.82) is 0 Å². The van der Waals surface area contributed by atoms with E-state index in [9.17, 15) is 4.79 Å². The molecule has 0 aliphatic rings. The summed E-state index contributed by atoms with van der Waals surface area (Å²) in [6.45, 7) is 2.06. The van der Waals surface area contributed by atoms with Crippen LogP contribution in [-0.2, 0) is 23.5 Å². The van der Waals surface area contributed by atoms with E-state index in [-0.39, 0.29) is 22.9 Å². The van der Waals surface area contributed by atoms with Gasteiger partial charge in [0.1, 0.15) is 0 Å². The Morgan fingerprint density at radius 3 is 2.32 bits per heavy atom. The molecule has 2 aromatic carbocycles. The van der Waals surface area contributed by atoms with Gasteiger partial charge in [0, 0.05) is 22.9 Å². The van der Waals surface area contributed by atoms with Crippen molar-refractivity contribution in [2.24, 2.45) is 0 Å². The molecule has 0 aliphatic carbocycles. The predicted octanol–water partition coefficient (Wildman–Crippen LogP) is 4.57. The molecule has 0 radical (unpaired) electrons. The van der Waals surface area contributed by atoms with Gasteiger partial charge in [-0.05, 0) is 12.8 Å². The van der Waals surface area contributed by atoms with Crippen molar-refractivity contribution in [1.82, 2.24) is 0 Å². The Bertz CT molecular complexity index is 414. The molecule has 3 heteroatoms. The number of rotatable bonds is 5. The average Bonchev–Trinajstić information content (AvgIpc) is 3.07. The van der Waals surface area contributed by atoms with Crippen molar-refractivity contribution in [2.45, 2.75) is 26.2 Å². The number of hydrogen-bond acceptors (Lipinski definition) is 1. The summed E-state index contributed by atoms with van der Waals surface area (Å²) in [5.41, 5.74) is 2.03. The van der Waals surface area contributed by atoms with E-state index in [0.29, 0.717) is 12.3 Å². The van der Waals surface area contributed by atoms with Crippen LogP contribution in [0.2, 0.25) is 0 Å². The number of aryl methyl sites for hydroxylation is 1. The molecule has 0 aliphatic heterocycles. The second-order valence-electron chi connectivity index (χ2n) is 4.00. The molecule has 110 valence electrons. The van der Waals surface area contributed by atoms with E-state index in [1.165, 1.54) is 0 Å². The summed E-state index contributed by atoms with van der Waals surface area (Å²) in [6, 6.07) is 15.8. The summed E-state index contributed by atoms with van der Waals surface area (Å²) < 4.78 is 0. The number of hydrogen-bond donors (Lipinski definition) is 0. The maximum Gasteiger partial charge on any atom is 0.0783 e. The van der Waals surface area contributed by atoms with Gasteiger partial charge in [0.2, 0.25) is 0 Å². The molecule has 0 unspecified atom stereocenters. The first-order valence-electron chi connectivity index (χ1n) is 6.30. The minimum atomic E-state index is 0. The zero-order chi connectivity index (χ0) is 13.2. The second kappa shape index (κ2) is 11.0. The van der Waals surface area contributed by atoms with Crippen LogP contribution in [0.15, 0.2) is 48.5 Å². The Hall–Kier alpha value is -0.821. The molecule has 0 saturated carbocycles. The van der Waals surface area contributed by atoms with Crippen LogP contribution in [0.25, 0.3) is 0 Å². The molecule has 0 N–H and O–H groups in total. The van der Waals surface area contributed by atoms with Crippen LogP contribution >= 0.6 is 11.6 Å². The van der Waals surface area contributed by atoms with E-state index < -0.39 is 0 Å². The summed E-state index contributed by atoms with van der Waals surface area (Å²) in [6.07, 6.45) is 2.27. The fourth-order valence-electron chi connectivity index (χ4n) is 1.72. The van der Waals surface area contributed by atoms with Gasteiger partial charge < -0.3 is 35.1 Å². The second-order valence-corrected chi connectivity index (χ2v) is 4.37. The van der Waals surface area contributed by atoms with Crippen LogP contribution in [0.1, 0.15) is 35.7 Å². The van der Waals surface area contributed by atoms with E-state index in [2.05, 4.69) is 6.92 Å². The zero-order valence-corrected chi connectivity index (χ0v) is 12.9. The quantitative estimate of drug-likeness (QED) is 0.341. The molecule has 0 atom stereocenters. The normalized spacial score (nSPS) is 9.16. The maximum atomic E-state index is 11.6. The van der Waals surface area contributed by atoms with Gasteiger partial charge in [0.05, 0.1) is 5.78 Å². The Labute approximate surface area is 131 Å². The molecular weight excluding hydrogens is 299 g/mol. The van der Waals surface area contributed by atoms with Crippen molar-refractivity contribution >= 4 is 17.4 Å². The Balaban J connectivity index is 0.000000454. The van der Waals surface area contributed by atoms with Gasteiger partial charge in [-0.15, -0.1) is 22.7 Å². The van der Waals surface area contributed by atoms with Crippen LogP contribution in [-0.4, -0.2) is 11.7 Å². The number of carbonyl (C=O) groups is 1. The first-order chi connectivity index (χ1) is 8.79. The summed E-state index contributed by atoms with van der Waals surface area (Å²) in [7, 11) is 0. The number of carbonyl (C=O) groups excluding carboxylic acids is 1.